The second-order valence-electron chi connectivity index (χ2n) is 2.97. The summed E-state index contributed by atoms with van der Waals surface area (Å²) in [6.07, 6.45) is 1.54. The lowest BCUT2D eigenvalue weighted by Crippen LogP contribution is -1.99. The zero-order chi connectivity index (χ0) is 11.5. The molecule has 0 fully saturated rings. The summed E-state index contributed by atoms with van der Waals surface area (Å²) in [6.45, 7) is 0.285. The van der Waals surface area contributed by atoms with Gasteiger partial charge in [0.2, 0.25) is 0 Å². The van der Waals surface area contributed by atoms with E-state index >= 15 is 0 Å². The van der Waals surface area contributed by atoms with Crippen LogP contribution in [0.4, 0.5) is 0 Å². The fourth-order valence-electron chi connectivity index (χ4n) is 1.15. The predicted molar refractivity (Wildman–Crippen MR) is 52.4 cm³/mol. The van der Waals surface area contributed by atoms with Gasteiger partial charge in [-0.15, -0.1) is 0 Å². The molecule has 3 N–H and O–H groups in total. The van der Waals surface area contributed by atoms with Gasteiger partial charge in [-0.05, 0) is 17.3 Å². The molecule has 0 radical (unpaired) electrons. The van der Waals surface area contributed by atoms with Crippen LogP contribution in [0.5, 0.6) is 0 Å². The molecule has 0 aliphatic heterocycles. The topological polar surface area (TPSA) is 115 Å². The van der Waals surface area contributed by atoms with Crippen LogP contribution in [-0.4, -0.2) is 26.2 Å². The molecule has 0 aliphatic rings. The maximum atomic E-state index is 10.6. The van der Waals surface area contributed by atoms with Crippen LogP contribution < -0.4 is 5.73 Å². The summed E-state index contributed by atoms with van der Waals surface area (Å²) >= 11 is 0. The Morgan fingerprint density at radius 1 is 1.56 bits per heavy atom. The Kier molecular flexibility index (Phi) is 2.61. The van der Waals surface area contributed by atoms with Crippen molar-refractivity contribution < 1.29 is 14.4 Å². The van der Waals surface area contributed by atoms with Gasteiger partial charge in [0.15, 0.2) is 0 Å². The van der Waals surface area contributed by atoms with E-state index < -0.39 is 5.97 Å². The van der Waals surface area contributed by atoms with E-state index in [4.69, 9.17) is 15.4 Å². The Morgan fingerprint density at radius 3 is 3.00 bits per heavy atom. The van der Waals surface area contributed by atoms with Gasteiger partial charge in [-0.3, -0.25) is 4.98 Å². The maximum Gasteiger partial charge on any atom is 0.377 e. The number of carboxylic acids is 1. The van der Waals surface area contributed by atoms with Gasteiger partial charge in [0.05, 0.1) is 5.69 Å². The van der Waals surface area contributed by atoms with E-state index in [2.05, 4.69) is 15.1 Å². The molecular formula is C9H8N4O3. The van der Waals surface area contributed by atoms with E-state index in [0.29, 0.717) is 11.3 Å². The van der Waals surface area contributed by atoms with Crippen molar-refractivity contribution in [3.05, 3.63) is 29.8 Å². The number of aromatic carboxylic acids is 1. The zero-order valence-corrected chi connectivity index (χ0v) is 8.12. The van der Waals surface area contributed by atoms with Crippen molar-refractivity contribution in [1.82, 2.24) is 15.1 Å². The van der Waals surface area contributed by atoms with E-state index in [9.17, 15) is 4.79 Å². The smallest absolute Gasteiger partial charge is 0.377 e. The molecule has 7 nitrogen and oxygen atoms in total. The summed E-state index contributed by atoms with van der Waals surface area (Å²) < 4.78 is 4.80. The second-order valence-corrected chi connectivity index (χ2v) is 2.97. The third-order valence-electron chi connectivity index (χ3n) is 1.89. The fraction of sp³-hybridized carbons (Fsp3) is 0.111. The van der Waals surface area contributed by atoms with Gasteiger partial charge in [0, 0.05) is 18.3 Å². The molecule has 0 spiro atoms. The van der Waals surface area contributed by atoms with Crippen LogP contribution in [0.3, 0.4) is 0 Å². The van der Waals surface area contributed by atoms with Crippen molar-refractivity contribution in [2.24, 2.45) is 5.73 Å². The molecule has 82 valence electrons. The summed E-state index contributed by atoms with van der Waals surface area (Å²) in [5.41, 5.74) is 6.68. The Bertz CT molecular complexity index is 523. The van der Waals surface area contributed by atoms with Gasteiger partial charge in [-0.25, -0.2) is 4.79 Å². The third-order valence-corrected chi connectivity index (χ3v) is 1.89. The van der Waals surface area contributed by atoms with Crippen molar-refractivity contribution in [3.8, 4) is 11.5 Å². The first-order chi connectivity index (χ1) is 7.70. The minimum Gasteiger partial charge on any atom is -0.475 e. The molecule has 0 saturated carbocycles. The van der Waals surface area contributed by atoms with E-state index in [1.54, 1.807) is 18.3 Å². The molecule has 7 heteroatoms. The van der Waals surface area contributed by atoms with Crippen LogP contribution in [0.2, 0.25) is 0 Å². The standard InChI is InChI=1S/C9H8N4O3/c10-4-6-3-5(1-2-11-6)8-12-7(9(14)15)13-16-8/h1-3H,4,10H2,(H,14,15). The molecule has 16 heavy (non-hydrogen) atoms. The molecule has 0 saturated heterocycles. The van der Waals surface area contributed by atoms with Crippen LogP contribution in [0.1, 0.15) is 16.3 Å². The molecule has 2 heterocycles. The van der Waals surface area contributed by atoms with Crippen molar-refractivity contribution in [2.75, 3.05) is 0 Å². The van der Waals surface area contributed by atoms with E-state index in [-0.39, 0.29) is 18.3 Å². The Balaban J connectivity index is 2.38. The Morgan fingerprint density at radius 2 is 2.38 bits per heavy atom. The first-order valence-corrected chi connectivity index (χ1v) is 4.43. The molecule has 0 amide bonds. The average Bonchev–Trinajstić information content (AvgIpc) is 2.78. The van der Waals surface area contributed by atoms with E-state index in [1.807, 2.05) is 0 Å². The number of carboxylic acid groups (broad SMARTS) is 1. The maximum absolute atomic E-state index is 10.6. The van der Waals surface area contributed by atoms with Crippen LogP contribution in [0, 0.1) is 0 Å². The molecular weight excluding hydrogens is 212 g/mol. The number of aromatic nitrogens is 3. The molecule has 2 rings (SSSR count). The average molecular weight is 220 g/mol. The fourth-order valence-corrected chi connectivity index (χ4v) is 1.15. The number of rotatable bonds is 3. The van der Waals surface area contributed by atoms with Gasteiger partial charge >= 0.3 is 5.97 Å². The quantitative estimate of drug-likeness (QED) is 0.763. The number of nitrogens with zero attached hydrogens (tertiary/aromatic N) is 3. The van der Waals surface area contributed by atoms with Crippen molar-refractivity contribution in [1.29, 1.82) is 0 Å². The van der Waals surface area contributed by atoms with Gasteiger partial charge in [0.1, 0.15) is 0 Å². The van der Waals surface area contributed by atoms with Crippen molar-refractivity contribution in [3.63, 3.8) is 0 Å². The SMILES string of the molecule is NCc1cc(-c2nc(C(=O)O)no2)ccn1. The van der Waals surface area contributed by atoms with Crippen LogP contribution in [0.15, 0.2) is 22.9 Å². The molecule has 0 aromatic carbocycles. The first kappa shape index (κ1) is 10.2. The third kappa shape index (κ3) is 1.89. The highest BCUT2D eigenvalue weighted by molar-refractivity contribution is 5.83. The lowest BCUT2D eigenvalue weighted by atomic mass is 10.2. The van der Waals surface area contributed by atoms with Crippen LogP contribution in [0.25, 0.3) is 11.5 Å². The molecule has 2 aromatic heterocycles. The number of hydrogen-bond donors (Lipinski definition) is 2. The highest BCUT2D eigenvalue weighted by Crippen LogP contribution is 2.16. The van der Waals surface area contributed by atoms with Gasteiger partial charge in [0.25, 0.3) is 11.7 Å². The summed E-state index contributed by atoms with van der Waals surface area (Å²) in [4.78, 5) is 18.3. The number of carbonyl (C=O) groups is 1. The monoisotopic (exact) mass is 220 g/mol. The largest absolute Gasteiger partial charge is 0.475 e. The summed E-state index contributed by atoms with van der Waals surface area (Å²) in [5.74, 6) is -1.47. The zero-order valence-electron chi connectivity index (χ0n) is 8.12. The number of hydrogen-bond acceptors (Lipinski definition) is 6. The van der Waals surface area contributed by atoms with E-state index in [1.165, 1.54) is 0 Å². The number of nitrogens with two attached hydrogens (primary N) is 1. The highest BCUT2D eigenvalue weighted by Gasteiger charge is 2.14. The van der Waals surface area contributed by atoms with Crippen LogP contribution >= 0.6 is 0 Å². The number of pyridine rings is 1. The predicted octanol–water partition coefficient (Wildman–Crippen LogP) is 0.288. The second kappa shape index (κ2) is 4.07. The van der Waals surface area contributed by atoms with Crippen molar-refractivity contribution >= 4 is 5.97 Å². The summed E-state index contributed by atoms with van der Waals surface area (Å²) in [6, 6.07) is 3.30. The minimum absolute atomic E-state index is 0.134. The van der Waals surface area contributed by atoms with Gasteiger partial charge < -0.3 is 15.4 Å². The van der Waals surface area contributed by atoms with Crippen molar-refractivity contribution in [2.45, 2.75) is 6.54 Å². The highest BCUT2D eigenvalue weighted by atomic mass is 16.5. The van der Waals surface area contributed by atoms with Crippen LogP contribution in [-0.2, 0) is 6.54 Å². The molecule has 0 bridgehead atoms. The first-order valence-electron chi connectivity index (χ1n) is 4.43. The lowest BCUT2D eigenvalue weighted by Gasteiger charge is -1.96. The molecule has 2 aromatic rings. The molecule has 0 aliphatic carbocycles. The molecule has 0 atom stereocenters. The minimum atomic E-state index is -1.23. The summed E-state index contributed by atoms with van der Waals surface area (Å²) in [7, 11) is 0. The van der Waals surface area contributed by atoms with E-state index in [0.717, 1.165) is 0 Å². The Labute approximate surface area is 89.9 Å². The van der Waals surface area contributed by atoms with Gasteiger partial charge in [-0.1, -0.05) is 0 Å². The lowest BCUT2D eigenvalue weighted by molar-refractivity contribution is 0.0680. The normalized spacial score (nSPS) is 10.3. The molecule has 0 unspecified atom stereocenters. The van der Waals surface area contributed by atoms with Gasteiger partial charge in [-0.2, -0.15) is 4.98 Å². The Hall–Kier alpha value is -2.28. The summed E-state index contributed by atoms with van der Waals surface area (Å²) in [5, 5.41) is 11.9.